The lowest BCUT2D eigenvalue weighted by Gasteiger charge is -2.26. The van der Waals surface area contributed by atoms with Crippen LogP contribution in [0, 0.1) is 11.8 Å². The molecule has 1 saturated heterocycles. The number of nitrogens with one attached hydrogen (secondary N) is 1. The highest BCUT2D eigenvalue weighted by Crippen LogP contribution is 2.66. The Balaban J connectivity index is 1.92. The molecule has 0 spiro atoms. The molecule has 1 aliphatic heterocycles. The van der Waals surface area contributed by atoms with Gasteiger partial charge in [-0.25, -0.2) is 18.7 Å². The molecule has 18 nitrogen and oxygen atoms in total. The van der Waals surface area contributed by atoms with E-state index in [4.69, 9.17) is 36.4 Å². The molecule has 1 aliphatic rings. The molecule has 22 heteroatoms. The van der Waals surface area contributed by atoms with Crippen LogP contribution >= 0.6 is 35.1 Å². The topological polar surface area (TPSA) is 279 Å². The number of nitrogens with two attached hydrogens (primary N) is 1. The normalized spacial score (nSPS) is 28.7. The summed E-state index contributed by atoms with van der Waals surface area (Å²) in [5.74, 6) is 4.79. The van der Waals surface area contributed by atoms with Gasteiger partial charge in [0, 0.05) is 0 Å². The van der Waals surface area contributed by atoms with Crippen molar-refractivity contribution in [3.05, 3.63) is 16.7 Å². The van der Waals surface area contributed by atoms with Crippen LogP contribution in [-0.4, -0.2) is 67.4 Å². The number of rotatable bonds is 8. The summed E-state index contributed by atoms with van der Waals surface area (Å²) in [6, 6.07) is 0. The Kier molecular flexibility index (Phi) is 7.94. The average Bonchev–Trinajstić information content (AvgIpc) is 3.18. The highest BCUT2D eigenvalue weighted by atomic mass is 35.5. The predicted molar refractivity (Wildman–Crippen MR) is 119 cm³/mol. The van der Waals surface area contributed by atoms with E-state index in [1.165, 1.54) is 6.92 Å². The first kappa shape index (κ1) is 28.9. The molecule has 0 amide bonds. The number of nitrogen functional groups attached to an aromatic ring is 1. The lowest BCUT2D eigenvalue weighted by Crippen LogP contribution is -2.43. The van der Waals surface area contributed by atoms with Gasteiger partial charge < -0.3 is 35.2 Å². The van der Waals surface area contributed by atoms with Crippen LogP contribution in [0.3, 0.4) is 0 Å². The molecule has 2 aromatic heterocycles. The Morgan fingerprint density at radius 3 is 2.50 bits per heavy atom. The number of halogens is 1. The van der Waals surface area contributed by atoms with Gasteiger partial charge in [0.05, 0.1) is 12.4 Å². The Morgan fingerprint density at radius 1 is 1.28 bits per heavy atom. The van der Waals surface area contributed by atoms with Gasteiger partial charge in [-0.2, -0.15) is 13.6 Å². The highest BCUT2D eigenvalue weighted by molar-refractivity contribution is 7.66. The van der Waals surface area contributed by atoms with Gasteiger partial charge in [0.1, 0.15) is 12.2 Å². The number of fused-ring (bicyclic) bond motifs is 1. The fourth-order valence-electron chi connectivity index (χ4n) is 3.35. The maximum absolute atomic E-state index is 12.2. The number of aromatic nitrogens is 4. The largest absolute Gasteiger partial charge is 0.490 e. The third kappa shape index (κ3) is 6.07. The molecule has 1 fully saturated rings. The molecule has 3 unspecified atom stereocenters. The zero-order valence-electron chi connectivity index (χ0n) is 18.0. The molecule has 0 radical (unpaired) electrons. The summed E-state index contributed by atoms with van der Waals surface area (Å²) in [6.45, 7) is 2.47. The number of aromatic amines is 1. The molecule has 2 aromatic rings. The Morgan fingerprint density at radius 2 is 1.92 bits per heavy atom. The molecule has 8 N–H and O–H groups in total. The molecule has 3 rings (SSSR count). The molecular formula is C14H19ClN5O13P3. The zero-order chi connectivity index (χ0) is 27.3. The summed E-state index contributed by atoms with van der Waals surface area (Å²) in [5.41, 5.74) is 4.64. The van der Waals surface area contributed by atoms with E-state index in [2.05, 4.69) is 35.4 Å². The molecule has 0 aromatic carbocycles. The van der Waals surface area contributed by atoms with E-state index in [0.717, 1.165) is 17.8 Å². The SMILES string of the molecule is CC#CC1(Cl)[C@@H](O)[C@@H]([C@H](C)OP(=O)(O)OP(=O)(O)OP(=O)(O)O)O[C@H]1n1cnc2c(=O)[nH]c(N)nc21. The van der Waals surface area contributed by atoms with Gasteiger partial charge in [0.15, 0.2) is 22.3 Å². The third-order valence-electron chi connectivity index (χ3n) is 4.58. The van der Waals surface area contributed by atoms with E-state index in [0.29, 0.717) is 0 Å². The van der Waals surface area contributed by atoms with Crippen LogP contribution in [0.1, 0.15) is 20.1 Å². The van der Waals surface area contributed by atoms with Crippen molar-refractivity contribution < 1.29 is 56.3 Å². The van der Waals surface area contributed by atoms with Gasteiger partial charge >= 0.3 is 23.5 Å². The third-order valence-corrected chi connectivity index (χ3v) is 9.02. The van der Waals surface area contributed by atoms with E-state index < -0.39 is 58.4 Å². The first-order valence-corrected chi connectivity index (χ1v) is 14.3. The second-order valence-corrected chi connectivity index (χ2v) is 12.2. The van der Waals surface area contributed by atoms with E-state index in [1.54, 1.807) is 0 Å². The van der Waals surface area contributed by atoms with Gasteiger partial charge in [-0.1, -0.05) is 17.5 Å². The number of nitrogens with zero attached hydrogens (tertiary/aromatic N) is 3. The van der Waals surface area contributed by atoms with Crippen molar-refractivity contribution in [3.63, 3.8) is 0 Å². The zero-order valence-corrected chi connectivity index (χ0v) is 21.5. The quantitative estimate of drug-likeness (QED) is 0.117. The minimum absolute atomic E-state index is 0.0995. The fraction of sp³-hybridized carbons (Fsp3) is 0.500. The minimum atomic E-state index is -5.78. The summed E-state index contributed by atoms with van der Waals surface area (Å²) >= 11 is 6.60. The van der Waals surface area contributed by atoms with Crippen LogP contribution in [0.15, 0.2) is 11.1 Å². The van der Waals surface area contributed by atoms with Crippen molar-refractivity contribution >= 4 is 52.2 Å². The molecular weight excluding hydrogens is 575 g/mol. The minimum Gasteiger partial charge on any atom is -0.387 e. The number of hydrogen-bond acceptors (Lipinski definition) is 12. The average molecular weight is 594 g/mol. The lowest BCUT2D eigenvalue weighted by atomic mass is 9.96. The van der Waals surface area contributed by atoms with Crippen LogP contribution in [0.4, 0.5) is 5.95 Å². The van der Waals surface area contributed by atoms with Gasteiger partial charge in [-0.15, -0.1) is 5.92 Å². The number of aliphatic hydroxyl groups excluding tert-OH is 1. The van der Waals surface area contributed by atoms with Gasteiger partial charge in [-0.05, 0) is 13.8 Å². The predicted octanol–water partition coefficient (Wildman–Crippen LogP) is -0.307. The molecule has 0 bridgehead atoms. The number of aliphatic hydroxyl groups is 1. The van der Waals surface area contributed by atoms with Crippen LogP contribution < -0.4 is 11.3 Å². The number of phosphoric acid groups is 3. The summed E-state index contributed by atoms with van der Waals surface area (Å²) < 4.78 is 53.5. The Hall–Kier alpha value is -1.67. The van der Waals surface area contributed by atoms with Crippen molar-refractivity contribution in [2.24, 2.45) is 0 Å². The monoisotopic (exact) mass is 593 g/mol. The van der Waals surface area contributed by atoms with Crippen LogP contribution in [0.25, 0.3) is 11.2 Å². The first-order chi connectivity index (χ1) is 16.4. The number of ether oxygens (including phenoxy) is 1. The van der Waals surface area contributed by atoms with Crippen molar-refractivity contribution in [1.29, 1.82) is 0 Å². The highest BCUT2D eigenvalue weighted by Gasteiger charge is 2.58. The number of H-pyrrole nitrogens is 1. The molecule has 200 valence electrons. The smallest absolute Gasteiger partial charge is 0.387 e. The maximum Gasteiger partial charge on any atom is 0.490 e. The molecule has 36 heavy (non-hydrogen) atoms. The number of alkyl halides is 1. The van der Waals surface area contributed by atoms with Crippen molar-refractivity contribution in [2.45, 2.75) is 43.3 Å². The van der Waals surface area contributed by atoms with E-state index in [-0.39, 0.29) is 17.1 Å². The second kappa shape index (κ2) is 9.90. The van der Waals surface area contributed by atoms with E-state index >= 15 is 0 Å². The Bertz CT molecular complexity index is 1430. The van der Waals surface area contributed by atoms with E-state index in [9.17, 15) is 33.4 Å². The molecule has 0 aliphatic carbocycles. The fourth-order valence-corrected chi connectivity index (χ4v) is 6.93. The maximum atomic E-state index is 12.2. The second-order valence-electron chi connectivity index (χ2n) is 7.22. The Labute approximate surface area is 205 Å². The molecule has 7 atom stereocenters. The molecule has 0 saturated carbocycles. The van der Waals surface area contributed by atoms with E-state index in [1.807, 2.05) is 0 Å². The van der Waals surface area contributed by atoms with Crippen molar-refractivity contribution in [3.8, 4) is 11.8 Å². The van der Waals surface area contributed by atoms with Gasteiger partial charge in [-0.3, -0.25) is 18.9 Å². The summed E-state index contributed by atoms with van der Waals surface area (Å²) in [5, 5.41) is 10.9. The van der Waals surface area contributed by atoms with Crippen molar-refractivity contribution in [2.75, 3.05) is 5.73 Å². The van der Waals surface area contributed by atoms with Crippen LogP contribution in [0.2, 0.25) is 0 Å². The van der Waals surface area contributed by atoms with Crippen LogP contribution in [-0.2, 0) is 31.6 Å². The first-order valence-electron chi connectivity index (χ1n) is 9.40. The summed E-state index contributed by atoms with van der Waals surface area (Å²) in [4.78, 5) is 56.6. The summed E-state index contributed by atoms with van der Waals surface area (Å²) in [7, 11) is -16.9. The number of imidazole rings is 1. The molecule has 3 heterocycles. The van der Waals surface area contributed by atoms with Crippen molar-refractivity contribution in [1.82, 2.24) is 19.5 Å². The van der Waals surface area contributed by atoms with Gasteiger partial charge in [0.25, 0.3) is 5.56 Å². The number of anilines is 1. The summed E-state index contributed by atoms with van der Waals surface area (Å²) in [6.07, 6.45) is -5.31. The number of hydrogen-bond donors (Lipinski definition) is 7. The lowest BCUT2D eigenvalue weighted by molar-refractivity contribution is -0.0728. The van der Waals surface area contributed by atoms with Crippen LogP contribution in [0.5, 0.6) is 0 Å². The standard InChI is InChI=1S/C14H19ClN5O13P3/c1-3-4-14(15)9(21)8(6(2)31-35(26,27)33-36(28,29)32-34(23,24)25)30-12(14)20-5-17-7-10(20)18-13(16)19-11(7)22/h5-6,8-9,12,21H,1-2H3,(H,26,27)(H,28,29)(H2,23,24,25)(H3,16,18,19,22)/t6-,8+,9-,12+,14?/m0/s1. The number of phosphoric ester groups is 1. The van der Waals surface area contributed by atoms with Gasteiger partial charge in [0.2, 0.25) is 5.95 Å².